The summed E-state index contributed by atoms with van der Waals surface area (Å²) in [6, 6.07) is 33.2. The number of benzene rings is 4. The summed E-state index contributed by atoms with van der Waals surface area (Å²) < 4.78 is 5.56. The fourth-order valence-electron chi connectivity index (χ4n) is 3.84. The number of nitrogens with one attached hydrogen (secondary N) is 1. The first-order chi connectivity index (χ1) is 14.3. The van der Waals surface area contributed by atoms with Gasteiger partial charge >= 0.3 is 0 Å². The van der Waals surface area contributed by atoms with Gasteiger partial charge < -0.3 is 4.74 Å². The van der Waals surface area contributed by atoms with Crippen LogP contribution < -0.4 is 10.2 Å². The Labute approximate surface area is 170 Å². The quantitative estimate of drug-likeness (QED) is 0.379. The van der Waals surface area contributed by atoms with Gasteiger partial charge in [0.2, 0.25) is 0 Å². The molecule has 4 aromatic carbocycles. The van der Waals surface area contributed by atoms with Crippen LogP contribution in [0.2, 0.25) is 0 Å². The average Bonchev–Trinajstić information content (AvgIpc) is 3.12. The van der Waals surface area contributed by atoms with Gasteiger partial charge in [-0.3, -0.25) is 5.43 Å². The number of hydrazone groups is 1. The first-order valence-electron chi connectivity index (χ1n) is 9.61. The number of rotatable bonds is 4. The molecule has 0 saturated heterocycles. The molecule has 5 rings (SSSR count). The number of hydrogen-bond donors (Lipinski definition) is 1. The number of methoxy groups -OCH3 is 1. The third kappa shape index (κ3) is 3.07. The van der Waals surface area contributed by atoms with Crippen LogP contribution in [0.25, 0.3) is 22.3 Å². The topological polar surface area (TPSA) is 33.6 Å². The van der Waals surface area contributed by atoms with E-state index in [4.69, 9.17) is 9.84 Å². The van der Waals surface area contributed by atoms with Crippen molar-refractivity contribution in [3.63, 3.8) is 0 Å². The highest BCUT2D eigenvalue weighted by Crippen LogP contribution is 2.37. The van der Waals surface area contributed by atoms with E-state index in [1.54, 1.807) is 7.11 Å². The van der Waals surface area contributed by atoms with Gasteiger partial charge in [0, 0.05) is 11.1 Å². The summed E-state index contributed by atoms with van der Waals surface area (Å²) in [5.41, 5.74) is 12.0. The summed E-state index contributed by atoms with van der Waals surface area (Å²) in [5, 5.41) is 4.81. The summed E-state index contributed by atoms with van der Waals surface area (Å²) >= 11 is 0. The molecule has 0 bridgehead atoms. The normalized spacial score (nSPS) is 11.6. The average molecular weight is 376 g/mol. The maximum absolute atomic E-state index is 5.56. The zero-order valence-corrected chi connectivity index (χ0v) is 16.1. The zero-order valence-electron chi connectivity index (χ0n) is 16.1. The van der Waals surface area contributed by atoms with Crippen LogP contribution in [0.1, 0.15) is 11.1 Å². The summed E-state index contributed by atoms with van der Waals surface area (Å²) in [6.07, 6.45) is 0. The van der Waals surface area contributed by atoms with Crippen molar-refractivity contribution in [1.29, 1.82) is 0 Å². The van der Waals surface area contributed by atoms with Crippen molar-refractivity contribution >= 4 is 11.4 Å². The van der Waals surface area contributed by atoms with Crippen molar-refractivity contribution in [3.8, 4) is 28.0 Å². The second-order valence-corrected chi connectivity index (χ2v) is 6.94. The molecular weight excluding hydrogens is 356 g/mol. The standard InChI is InChI=1S/C26H20N2O/c1-29-25-16-15-19(18-9-3-2-4-10-18)17-24(25)27-28-26-22-13-7-5-11-20(22)21-12-6-8-14-23(21)26/h2-17,27H,1H3. The van der Waals surface area contributed by atoms with Crippen LogP contribution >= 0.6 is 0 Å². The van der Waals surface area contributed by atoms with Gasteiger partial charge in [0.1, 0.15) is 5.75 Å². The molecule has 1 N–H and O–H groups in total. The van der Waals surface area contributed by atoms with Crippen LogP contribution in [0.3, 0.4) is 0 Å². The van der Waals surface area contributed by atoms with Gasteiger partial charge in [-0.2, -0.15) is 5.10 Å². The van der Waals surface area contributed by atoms with Gasteiger partial charge in [0.15, 0.2) is 0 Å². The molecule has 0 atom stereocenters. The predicted octanol–water partition coefficient (Wildman–Crippen LogP) is 6.21. The molecule has 0 spiro atoms. The number of hydrogen-bond acceptors (Lipinski definition) is 3. The Morgan fingerprint density at radius 1 is 0.621 bits per heavy atom. The molecule has 4 aromatic rings. The lowest BCUT2D eigenvalue weighted by Gasteiger charge is -2.11. The fraction of sp³-hybridized carbons (Fsp3) is 0.0385. The molecule has 0 heterocycles. The zero-order chi connectivity index (χ0) is 19.6. The summed E-state index contributed by atoms with van der Waals surface area (Å²) in [5.74, 6) is 0.758. The third-order valence-electron chi connectivity index (χ3n) is 5.25. The Morgan fingerprint density at radius 2 is 1.21 bits per heavy atom. The Morgan fingerprint density at radius 3 is 1.83 bits per heavy atom. The largest absolute Gasteiger partial charge is 0.495 e. The molecule has 0 saturated carbocycles. The van der Waals surface area contributed by atoms with Crippen molar-refractivity contribution in [1.82, 2.24) is 0 Å². The monoisotopic (exact) mass is 376 g/mol. The van der Waals surface area contributed by atoms with Crippen molar-refractivity contribution in [3.05, 3.63) is 108 Å². The lowest BCUT2D eigenvalue weighted by Crippen LogP contribution is -2.03. The number of fused-ring (bicyclic) bond motifs is 3. The maximum Gasteiger partial charge on any atom is 0.143 e. The highest BCUT2D eigenvalue weighted by molar-refractivity contribution is 6.24. The molecule has 0 aromatic heterocycles. The first kappa shape index (κ1) is 17.3. The van der Waals surface area contributed by atoms with E-state index < -0.39 is 0 Å². The minimum atomic E-state index is 0.758. The van der Waals surface area contributed by atoms with E-state index in [9.17, 15) is 0 Å². The van der Waals surface area contributed by atoms with Crippen LogP contribution in [0.15, 0.2) is 102 Å². The minimum Gasteiger partial charge on any atom is -0.495 e. The van der Waals surface area contributed by atoms with E-state index in [1.807, 2.05) is 24.3 Å². The predicted molar refractivity (Wildman–Crippen MR) is 120 cm³/mol. The lowest BCUT2D eigenvalue weighted by molar-refractivity contribution is 0.416. The molecule has 0 unspecified atom stereocenters. The van der Waals surface area contributed by atoms with Crippen LogP contribution in [-0.4, -0.2) is 12.8 Å². The van der Waals surface area contributed by atoms with Gasteiger partial charge in [-0.15, -0.1) is 0 Å². The molecule has 0 amide bonds. The van der Waals surface area contributed by atoms with Crippen molar-refractivity contribution in [2.75, 3.05) is 12.5 Å². The van der Waals surface area contributed by atoms with Crippen LogP contribution in [0.4, 0.5) is 5.69 Å². The van der Waals surface area contributed by atoms with Crippen molar-refractivity contribution in [2.45, 2.75) is 0 Å². The van der Waals surface area contributed by atoms with Crippen LogP contribution in [-0.2, 0) is 0 Å². The van der Waals surface area contributed by atoms with Crippen molar-refractivity contribution < 1.29 is 4.74 Å². The van der Waals surface area contributed by atoms with Gasteiger partial charge in [0.25, 0.3) is 0 Å². The van der Waals surface area contributed by atoms with E-state index in [2.05, 4.69) is 78.2 Å². The van der Waals surface area contributed by atoms with E-state index in [0.717, 1.165) is 39.4 Å². The summed E-state index contributed by atoms with van der Waals surface area (Å²) in [7, 11) is 1.68. The number of anilines is 1. The summed E-state index contributed by atoms with van der Waals surface area (Å²) in [4.78, 5) is 0. The SMILES string of the molecule is COc1ccc(-c2ccccc2)cc1NN=C1c2ccccc2-c2ccccc21. The summed E-state index contributed by atoms with van der Waals surface area (Å²) in [6.45, 7) is 0. The molecular formula is C26H20N2O. The number of ether oxygens (including phenoxy) is 1. The maximum atomic E-state index is 5.56. The molecule has 3 nitrogen and oxygen atoms in total. The van der Waals surface area contributed by atoms with Gasteiger partial charge in [-0.25, -0.2) is 0 Å². The molecule has 0 aliphatic heterocycles. The molecule has 0 radical (unpaired) electrons. The first-order valence-corrected chi connectivity index (χ1v) is 9.61. The van der Waals surface area contributed by atoms with Gasteiger partial charge in [0.05, 0.1) is 18.5 Å². The van der Waals surface area contributed by atoms with Crippen LogP contribution in [0, 0.1) is 0 Å². The van der Waals surface area contributed by atoms with E-state index in [1.165, 1.54) is 11.1 Å². The second-order valence-electron chi connectivity index (χ2n) is 6.94. The third-order valence-corrected chi connectivity index (χ3v) is 5.25. The molecule has 1 aliphatic carbocycles. The number of nitrogens with zero attached hydrogens (tertiary/aromatic N) is 1. The van der Waals surface area contributed by atoms with Gasteiger partial charge in [-0.1, -0.05) is 84.9 Å². The smallest absolute Gasteiger partial charge is 0.143 e. The Hall–Kier alpha value is -3.85. The van der Waals surface area contributed by atoms with E-state index >= 15 is 0 Å². The highest BCUT2D eigenvalue weighted by Gasteiger charge is 2.24. The van der Waals surface area contributed by atoms with Crippen molar-refractivity contribution in [2.24, 2.45) is 5.10 Å². The van der Waals surface area contributed by atoms with Crippen LogP contribution in [0.5, 0.6) is 5.75 Å². The van der Waals surface area contributed by atoms with E-state index in [-0.39, 0.29) is 0 Å². The molecule has 0 fully saturated rings. The Kier molecular flexibility index (Phi) is 4.34. The fourth-order valence-corrected chi connectivity index (χ4v) is 3.84. The second kappa shape index (κ2) is 7.28. The minimum absolute atomic E-state index is 0.758. The molecule has 140 valence electrons. The molecule has 3 heteroatoms. The highest BCUT2D eigenvalue weighted by atomic mass is 16.5. The molecule has 29 heavy (non-hydrogen) atoms. The Balaban J connectivity index is 1.57. The van der Waals surface area contributed by atoms with E-state index in [0.29, 0.717) is 0 Å². The lowest BCUT2D eigenvalue weighted by atomic mass is 10.0. The molecule has 1 aliphatic rings. The Bertz CT molecular complexity index is 1160. The van der Waals surface area contributed by atoms with Gasteiger partial charge in [-0.05, 0) is 34.4 Å².